The molecule has 0 aromatic heterocycles. The van der Waals surface area contributed by atoms with Crippen LogP contribution in [0, 0.1) is 5.92 Å². The minimum Gasteiger partial charge on any atom is -0.395 e. The highest BCUT2D eigenvalue weighted by atomic mass is 35.5. The van der Waals surface area contributed by atoms with Crippen LogP contribution in [0.25, 0.3) is 0 Å². The molecular weight excluding hydrogens is 248 g/mol. The van der Waals surface area contributed by atoms with Crippen LogP contribution in [0.4, 0.5) is 5.69 Å². The molecule has 1 aromatic carbocycles. The molecule has 0 fully saturated rings. The van der Waals surface area contributed by atoms with E-state index in [-0.39, 0.29) is 6.61 Å². The molecule has 102 valence electrons. The van der Waals surface area contributed by atoms with Gasteiger partial charge in [0, 0.05) is 20.1 Å². The average Bonchev–Trinajstić information content (AvgIpc) is 2.28. The van der Waals surface area contributed by atoms with E-state index < -0.39 is 0 Å². The topological polar surface area (TPSA) is 35.5 Å². The van der Waals surface area contributed by atoms with Gasteiger partial charge in [0.1, 0.15) is 0 Å². The Kier molecular flexibility index (Phi) is 6.47. The van der Waals surface area contributed by atoms with Crippen LogP contribution in [0.5, 0.6) is 0 Å². The van der Waals surface area contributed by atoms with Gasteiger partial charge >= 0.3 is 0 Å². The Morgan fingerprint density at radius 1 is 1.39 bits per heavy atom. The Hall–Kier alpha value is -0.770. The van der Waals surface area contributed by atoms with Gasteiger partial charge in [0.15, 0.2) is 0 Å². The molecule has 0 aliphatic rings. The van der Waals surface area contributed by atoms with Gasteiger partial charge < -0.3 is 15.3 Å². The van der Waals surface area contributed by atoms with E-state index in [9.17, 15) is 0 Å². The highest BCUT2D eigenvalue weighted by Gasteiger charge is 2.06. The van der Waals surface area contributed by atoms with Crippen molar-refractivity contribution in [3.63, 3.8) is 0 Å². The molecule has 0 atom stereocenters. The SMILES string of the molecule is CC(C)CNCc1ccc(N(C)CCO)c(Cl)c1. The summed E-state index contributed by atoms with van der Waals surface area (Å²) < 4.78 is 0. The molecule has 0 aliphatic carbocycles. The van der Waals surface area contributed by atoms with E-state index in [1.165, 1.54) is 5.56 Å². The number of likely N-dealkylation sites (N-methyl/N-ethyl adjacent to an activating group) is 1. The van der Waals surface area contributed by atoms with E-state index in [1.54, 1.807) is 0 Å². The van der Waals surface area contributed by atoms with Crippen LogP contribution in [0.1, 0.15) is 19.4 Å². The van der Waals surface area contributed by atoms with Crippen molar-refractivity contribution in [1.82, 2.24) is 5.32 Å². The standard InChI is InChI=1S/C14H23ClN2O/c1-11(2)9-16-10-12-4-5-14(13(15)8-12)17(3)6-7-18/h4-5,8,11,16,18H,6-7,9-10H2,1-3H3. The fourth-order valence-electron chi connectivity index (χ4n) is 1.75. The molecule has 1 aromatic rings. The van der Waals surface area contributed by atoms with Gasteiger partial charge in [0.2, 0.25) is 0 Å². The Morgan fingerprint density at radius 2 is 2.11 bits per heavy atom. The maximum absolute atomic E-state index is 8.92. The smallest absolute Gasteiger partial charge is 0.0642 e. The van der Waals surface area contributed by atoms with Crippen molar-refractivity contribution >= 4 is 17.3 Å². The molecule has 4 heteroatoms. The largest absolute Gasteiger partial charge is 0.395 e. The molecule has 2 N–H and O–H groups in total. The fourth-order valence-corrected chi connectivity index (χ4v) is 2.09. The number of aliphatic hydroxyl groups excluding tert-OH is 1. The molecule has 0 radical (unpaired) electrons. The number of nitrogens with one attached hydrogen (secondary N) is 1. The van der Waals surface area contributed by atoms with Gasteiger partial charge in [-0.05, 0) is 30.2 Å². The lowest BCUT2D eigenvalue weighted by Crippen LogP contribution is -2.22. The number of halogens is 1. The summed E-state index contributed by atoms with van der Waals surface area (Å²) in [5, 5.41) is 13.0. The van der Waals surface area contributed by atoms with Gasteiger partial charge in [-0.25, -0.2) is 0 Å². The van der Waals surface area contributed by atoms with Gasteiger partial charge in [0.05, 0.1) is 17.3 Å². The molecule has 0 saturated carbocycles. The third-order valence-corrected chi connectivity index (χ3v) is 3.04. The van der Waals surface area contributed by atoms with Crippen molar-refractivity contribution in [2.75, 3.05) is 31.6 Å². The lowest BCUT2D eigenvalue weighted by Gasteiger charge is -2.20. The van der Waals surface area contributed by atoms with E-state index in [0.717, 1.165) is 23.8 Å². The number of nitrogens with zero attached hydrogens (tertiary/aromatic N) is 1. The second-order valence-corrected chi connectivity index (χ2v) is 5.36. The van der Waals surface area contributed by atoms with Crippen molar-refractivity contribution in [1.29, 1.82) is 0 Å². The summed E-state index contributed by atoms with van der Waals surface area (Å²) in [5.74, 6) is 0.649. The second-order valence-electron chi connectivity index (χ2n) is 4.96. The summed E-state index contributed by atoms with van der Waals surface area (Å²) in [6, 6.07) is 6.06. The second kappa shape index (κ2) is 7.62. The quantitative estimate of drug-likeness (QED) is 0.799. The first kappa shape index (κ1) is 15.3. The summed E-state index contributed by atoms with van der Waals surface area (Å²) in [6.07, 6.45) is 0. The molecule has 18 heavy (non-hydrogen) atoms. The van der Waals surface area contributed by atoms with E-state index in [0.29, 0.717) is 12.5 Å². The molecule has 0 heterocycles. The van der Waals surface area contributed by atoms with Gasteiger partial charge in [-0.15, -0.1) is 0 Å². The van der Waals surface area contributed by atoms with E-state index in [2.05, 4.69) is 25.2 Å². The van der Waals surface area contributed by atoms with Crippen LogP contribution in [0.15, 0.2) is 18.2 Å². The number of anilines is 1. The molecule has 0 saturated heterocycles. The summed E-state index contributed by atoms with van der Waals surface area (Å²) in [5.41, 5.74) is 2.14. The molecule has 1 rings (SSSR count). The van der Waals surface area contributed by atoms with E-state index in [4.69, 9.17) is 16.7 Å². The average molecular weight is 271 g/mol. The summed E-state index contributed by atoms with van der Waals surface area (Å²) in [6.45, 7) is 6.93. The normalized spacial score (nSPS) is 11.0. The maximum Gasteiger partial charge on any atom is 0.0642 e. The third kappa shape index (κ3) is 4.84. The van der Waals surface area contributed by atoms with Crippen molar-refractivity contribution in [3.05, 3.63) is 28.8 Å². The molecule has 0 aliphatic heterocycles. The first-order chi connectivity index (χ1) is 8.54. The summed E-state index contributed by atoms with van der Waals surface area (Å²) in [7, 11) is 1.92. The van der Waals surface area contributed by atoms with E-state index >= 15 is 0 Å². The van der Waals surface area contributed by atoms with E-state index in [1.807, 2.05) is 24.1 Å². The van der Waals surface area contributed by atoms with Crippen molar-refractivity contribution in [3.8, 4) is 0 Å². The highest BCUT2D eigenvalue weighted by molar-refractivity contribution is 6.33. The van der Waals surface area contributed by atoms with Crippen LogP contribution in [0.3, 0.4) is 0 Å². The van der Waals surface area contributed by atoms with Crippen LogP contribution in [-0.2, 0) is 6.54 Å². The van der Waals surface area contributed by atoms with Crippen LogP contribution < -0.4 is 10.2 Å². The minimum atomic E-state index is 0.129. The van der Waals surface area contributed by atoms with Crippen LogP contribution in [-0.4, -0.2) is 31.9 Å². The number of rotatable bonds is 7. The van der Waals surface area contributed by atoms with Crippen LogP contribution >= 0.6 is 11.6 Å². The zero-order valence-electron chi connectivity index (χ0n) is 11.4. The Bertz CT molecular complexity index is 369. The maximum atomic E-state index is 8.92. The Morgan fingerprint density at radius 3 is 2.67 bits per heavy atom. The molecule has 0 spiro atoms. The van der Waals surface area contributed by atoms with Gasteiger partial charge in [0.25, 0.3) is 0 Å². The predicted octanol–water partition coefficient (Wildman–Crippen LogP) is 2.51. The first-order valence-electron chi connectivity index (χ1n) is 6.35. The predicted molar refractivity (Wildman–Crippen MR) is 78.4 cm³/mol. The van der Waals surface area contributed by atoms with Crippen molar-refractivity contribution in [2.45, 2.75) is 20.4 Å². The molecule has 0 bridgehead atoms. The number of hydrogen-bond acceptors (Lipinski definition) is 3. The Labute approximate surface area is 115 Å². The molecule has 3 nitrogen and oxygen atoms in total. The molecule has 0 amide bonds. The number of hydrogen-bond donors (Lipinski definition) is 2. The number of benzene rings is 1. The van der Waals surface area contributed by atoms with Gasteiger partial charge in [-0.1, -0.05) is 31.5 Å². The van der Waals surface area contributed by atoms with Crippen molar-refractivity contribution < 1.29 is 5.11 Å². The molecule has 0 unspecified atom stereocenters. The summed E-state index contributed by atoms with van der Waals surface area (Å²) >= 11 is 6.25. The lowest BCUT2D eigenvalue weighted by molar-refractivity contribution is 0.304. The summed E-state index contributed by atoms with van der Waals surface area (Å²) in [4.78, 5) is 1.95. The van der Waals surface area contributed by atoms with Gasteiger partial charge in [-0.2, -0.15) is 0 Å². The fraction of sp³-hybridized carbons (Fsp3) is 0.571. The first-order valence-corrected chi connectivity index (χ1v) is 6.73. The van der Waals surface area contributed by atoms with Crippen LogP contribution in [0.2, 0.25) is 5.02 Å². The van der Waals surface area contributed by atoms with Crippen molar-refractivity contribution in [2.24, 2.45) is 5.92 Å². The zero-order valence-corrected chi connectivity index (χ0v) is 12.2. The minimum absolute atomic E-state index is 0.129. The Balaban J connectivity index is 2.61. The lowest BCUT2D eigenvalue weighted by atomic mass is 10.1. The highest BCUT2D eigenvalue weighted by Crippen LogP contribution is 2.25. The third-order valence-electron chi connectivity index (χ3n) is 2.74. The number of aliphatic hydroxyl groups is 1. The monoisotopic (exact) mass is 270 g/mol. The zero-order chi connectivity index (χ0) is 13.5. The van der Waals surface area contributed by atoms with Gasteiger partial charge in [-0.3, -0.25) is 0 Å². The molecular formula is C14H23ClN2O.